The number of nitrogens with one attached hydrogen (secondary N) is 4. The minimum atomic E-state index is -1.62. The molecule has 0 aromatic heterocycles. The van der Waals surface area contributed by atoms with Gasteiger partial charge in [-0.15, -0.1) is 0 Å². The number of hydrogen-bond donors (Lipinski definition) is 5. The van der Waals surface area contributed by atoms with Gasteiger partial charge in [0.25, 0.3) is 5.91 Å². The molecule has 0 heterocycles. The van der Waals surface area contributed by atoms with Crippen molar-refractivity contribution in [1.29, 1.82) is 0 Å². The summed E-state index contributed by atoms with van der Waals surface area (Å²) in [5.41, 5.74) is 0.568. The van der Waals surface area contributed by atoms with E-state index in [1.807, 2.05) is 48.5 Å². The predicted molar refractivity (Wildman–Crippen MR) is 181 cm³/mol. The molecular weight excluding hydrogens is 612 g/mol. The zero-order chi connectivity index (χ0) is 35.3. The number of rotatable bonds is 17. The summed E-state index contributed by atoms with van der Waals surface area (Å²) in [7, 11) is 0. The van der Waals surface area contributed by atoms with Crippen LogP contribution in [0.2, 0.25) is 0 Å². The first-order valence-corrected chi connectivity index (χ1v) is 15.9. The number of benzene rings is 3. The Kier molecular flexibility index (Phi) is 13.6. The third-order valence-corrected chi connectivity index (χ3v) is 8.03. The van der Waals surface area contributed by atoms with E-state index in [1.165, 1.54) is 13.8 Å². The standard InChI is InChI=1S/C37H44N4O7/c1-5-24(2)31(34(45)41-37(3,4)36(47)48)40-35(46)32(43)28(21-25-15-9-6-10-16-25)39-33(44)29(22-26-17-11-7-12-18-26)38-30(42)23-27-19-13-8-14-20-27/h6-20,24,28-29,31H,5,21-23H2,1-4H3,(H,38,42)(H,39,44)(H,40,46)(H,41,45)(H,47,48). The molecule has 0 bridgehead atoms. The van der Waals surface area contributed by atoms with E-state index in [9.17, 15) is 33.9 Å². The van der Waals surface area contributed by atoms with Crippen molar-refractivity contribution in [3.63, 3.8) is 0 Å². The van der Waals surface area contributed by atoms with Crippen molar-refractivity contribution >= 4 is 35.4 Å². The highest BCUT2D eigenvalue weighted by atomic mass is 16.4. The number of aliphatic carboxylic acids is 1. The second-order valence-corrected chi connectivity index (χ2v) is 12.3. The minimum Gasteiger partial charge on any atom is -0.480 e. The number of carboxylic acids is 1. The number of hydrogen-bond acceptors (Lipinski definition) is 6. The molecule has 5 N–H and O–H groups in total. The van der Waals surface area contributed by atoms with Crippen LogP contribution in [0.4, 0.5) is 0 Å². The summed E-state index contributed by atoms with van der Waals surface area (Å²) < 4.78 is 0. The highest BCUT2D eigenvalue weighted by Crippen LogP contribution is 2.13. The molecule has 0 fully saturated rings. The lowest BCUT2D eigenvalue weighted by Gasteiger charge is -2.29. The summed E-state index contributed by atoms with van der Waals surface area (Å²) in [6.07, 6.45) is 0.558. The maximum absolute atomic E-state index is 13.8. The molecular formula is C37H44N4O7. The Hall–Kier alpha value is -5.32. The lowest BCUT2D eigenvalue weighted by Crippen LogP contribution is -2.60. The highest BCUT2D eigenvalue weighted by molar-refractivity contribution is 6.39. The molecule has 0 saturated heterocycles. The van der Waals surface area contributed by atoms with Crippen molar-refractivity contribution in [2.24, 2.45) is 5.92 Å². The molecule has 0 aliphatic heterocycles. The molecule has 3 aromatic carbocycles. The van der Waals surface area contributed by atoms with Gasteiger partial charge in [0, 0.05) is 12.8 Å². The molecule has 3 rings (SSSR count). The zero-order valence-corrected chi connectivity index (χ0v) is 27.7. The van der Waals surface area contributed by atoms with Gasteiger partial charge in [0.15, 0.2) is 0 Å². The van der Waals surface area contributed by atoms with Gasteiger partial charge in [-0.3, -0.25) is 24.0 Å². The van der Waals surface area contributed by atoms with Gasteiger partial charge in [0.2, 0.25) is 23.5 Å². The van der Waals surface area contributed by atoms with Crippen LogP contribution >= 0.6 is 0 Å². The Morgan fingerprint density at radius 2 is 1.15 bits per heavy atom. The second-order valence-electron chi connectivity index (χ2n) is 12.3. The third kappa shape index (κ3) is 11.2. The van der Waals surface area contributed by atoms with Crippen LogP contribution in [0.25, 0.3) is 0 Å². The van der Waals surface area contributed by atoms with Crippen molar-refractivity contribution in [2.75, 3.05) is 0 Å². The molecule has 4 atom stereocenters. The number of Topliss-reactive ketones (excluding diaryl/α,β-unsaturated/α-hetero) is 1. The van der Waals surface area contributed by atoms with Gasteiger partial charge >= 0.3 is 5.97 Å². The predicted octanol–water partition coefficient (Wildman–Crippen LogP) is 2.76. The van der Waals surface area contributed by atoms with E-state index in [1.54, 1.807) is 56.3 Å². The van der Waals surface area contributed by atoms with E-state index in [2.05, 4.69) is 21.3 Å². The topological polar surface area (TPSA) is 171 Å². The monoisotopic (exact) mass is 656 g/mol. The Morgan fingerprint density at radius 3 is 1.62 bits per heavy atom. The van der Waals surface area contributed by atoms with Crippen LogP contribution in [0, 0.1) is 5.92 Å². The maximum Gasteiger partial charge on any atom is 0.328 e. The number of carbonyl (C=O) groups is 6. The molecule has 0 radical (unpaired) electrons. The van der Waals surface area contributed by atoms with Crippen molar-refractivity contribution < 1.29 is 33.9 Å². The molecule has 254 valence electrons. The summed E-state index contributed by atoms with van der Waals surface area (Å²) in [5, 5.41) is 19.9. The molecule has 0 aliphatic rings. The number of ketones is 1. The van der Waals surface area contributed by atoms with Crippen LogP contribution in [-0.4, -0.2) is 64.2 Å². The summed E-state index contributed by atoms with van der Waals surface area (Å²) in [6, 6.07) is 23.3. The molecule has 0 aliphatic carbocycles. The van der Waals surface area contributed by atoms with E-state index in [0.717, 1.165) is 11.1 Å². The van der Waals surface area contributed by atoms with E-state index in [-0.39, 0.29) is 19.3 Å². The summed E-state index contributed by atoms with van der Waals surface area (Å²) >= 11 is 0. The SMILES string of the molecule is CCC(C)C(NC(=O)C(=O)C(Cc1ccccc1)NC(=O)C(Cc1ccccc1)NC(=O)Cc1ccccc1)C(=O)NC(C)(C)C(=O)O. The van der Waals surface area contributed by atoms with E-state index in [4.69, 9.17) is 0 Å². The quantitative estimate of drug-likeness (QED) is 0.139. The average Bonchev–Trinajstić information content (AvgIpc) is 3.06. The molecule has 0 saturated carbocycles. The van der Waals surface area contributed by atoms with Gasteiger partial charge in [0.1, 0.15) is 23.7 Å². The molecule has 0 spiro atoms. The van der Waals surface area contributed by atoms with Gasteiger partial charge in [-0.05, 0) is 36.5 Å². The van der Waals surface area contributed by atoms with Gasteiger partial charge in [-0.25, -0.2) is 4.79 Å². The molecule has 4 unspecified atom stereocenters. The highest BCUT2D eigenvalue weighted by Gasteiger charge is 2.37. The molecule has 11 nitrogen and oxygen atoms in total. The summed E-state index contributed by atoms with van der Waals surface area (Å²) in [5.74, 6) is -5.66. The normalized spacial score (nSPS) is 13.6. The van der Waals surface area contributed by atoms with E-state index in [0.29, 0.717) is 12.0 Å². The van der Waals surface area contributed by atoms with E-state index >= 15 is 0 Å². The Morgan fingerprint density at radius 1 is 0.667 bits per heavy atom. The average molecular weight is 657 g/mol. The fraction of sp³-hybridized carbons (Fsp3) is 0.351. The van der Waals surface area contributed by atoms with Crippen LogP contribution in [-0.2, 0) is 48.0 Å². The largest absolute Gasteiger partial charge is 0.480 e. The summed E-state index contributed by atoms with van der Waals surface area (Å²) in [4.78, 5) is 78.9. The van der Waals surface area contributed by atoms with Gasteiger partial charge in [-0.1, -0.05) is 111 Å². The molecule has 3 aromatic rings. The first-order valence-electron chi connectivity index (χ1n) is 15.9. The minimum absolute atomic E-state index is 0.0337. The zero-order valence-electron chi connectivity index (χ0n) is 27.7. The number of amides is 4. The van der Waals surface area contributed by atoms with Crippen molar-refractivity contribution in [3.05, 3.63) is 108 Å². The maximum atomic E-state index is 13.8. The fourth-order valence-electron chi connectivity index (χ4n) is 4.93. The summed E-state index contributed by atoms with van der Waals surface area (Å²) in [6.45, 7) is 6.10. The third-order valence-electron chi connectivity index (χ3n) is 8.03. The Labute approximate surface area is 280 Å². The van der Waals surface area contributed by atoms with Crippen LogP contribution in [0.15, 0.2) is 91.0 Å². The van der Waals surface area contributed by atoms with Gasteiger partial charge < -0.3 is 26.4 Å². The first kappa shape index (κ1) is 37.1. The van der Waals surface area contributed by atoms with Crippen LogP contribution in [0.1, 0.15) is 50.8 Å². The van der Waals surface area contributed by atoms with Gasteiger partial charge in [0.05, 0.1) is 6.42 Å². The van der Waals surface area contributed by atoms with Gasteiger partial charge in [-0.2, -0.15) is 0 Å². The second kappa shape index (κ2) is 17.6. The first-order chi connectivity index (χ1) is 22.8. The fourth-order valence-corrected chi connectivity index (χ4v) is 4.93. The van der Waals surface area contributed by atoms with E-state index < -0.39 is 65.0 Å². The smallest absolute Gasteiger partial charge is 0.328 e. The van der Waals surface area contributed by atoms with Crippen LogP contribution in [0.5, 0.6) is 0 Å². The molecule has 11 heteroatoms. The van der Waals surface area contributed by atoms with Crippen molar-refractivity contribution in [1.82, 2.24) is 21.3 Å². The number of carboxylic acid groups (broad SMARTS) is 1. The van der Waals surface area contributed by atoms with Crippen molar-refractivity contribution in [3.8, 4) is 0 Å². The lowest BCUT2D eigenvalue weighted by molar-refractivity contribution is -0.147. The number of carbonyl (C=O) groups excluding carboxylic acids is 5. The lowest BCUT2D eigenvalue weighted by atomic mass is 9.95. The molecule has 48 heavy (non-hydrogen) atoms. The van der Waals surface area contributed by atoms with Crippen LogP contribution < -0.4 is 21.3 Å². The van der Waals surface area contributed by atoms with Crippen molar-refractivity contribution in [2.45, 2.75) is 77.0 Å². The Balaban J connectivity index is 1.86. The van der Waals surface area contributed by atoms with Crippen LogP contribution in [0.3, 0.4) is 0 Å². The molecule has 4 amide bonds. The Bertz CT molecular complexity index is 1560.